The number of hydrogen-bond donors (Lipinski definition) is 1. The molecule has 4 heteroatoms. The molecule has 0 atom stereocenters. The minimum Gasteiger partial charge on any atom is -0.496 e. The lowest BCUT2D eigenvalue weighted by Crippen LogP contribution is -1.98. The highest BCUT2D eigenvalue weighted by atomic mass is 16.5. The van der Waals surface area contributed by atoms with Gasteiger partial charge in [-0.05, 0) is 25.5 Å². The molecule has 0 aliphatic rings. The summed E-state index contributed by atoms with van der Waals surface area (Å²) in [5.41, 5.74) is 9.70. The summed E-state index contributed by atoms with van der Waals surface area (Å²) in [6, 6.07) is 6.03. The van der Waals surface area contributed by atoms with E-state index in [4.69, 9.17) is 10.5 Å². The number of unbranched alkanes of at least 4 members (excludes halogenated alkanes) is 1. The monoisotopic (exact) mass is 259 g/mol. The van der Waals surface area contributed by atoms with Crippen LogP contribution in [0.5, 0.6) is 5.75 Å². The lowest BCUT2D eigenvalue weighted by atomic mass is 10.1. The summed E-state index contributed by atoms with van der Waals surface area (Å²) in [7, 11) is 1.67. The first-order valence-electron chi connectivity index (χ1n) is 6.63. The van der Waals surface area contributed by atoms with Gasteiger partial charge in [-0.15, -0.1) is 0 Å². The Morgan fingerprint density at radius 1 is 1.37 bits per heavy atom. The second-order valence-corrected chi connectivity index (χ2v) is 4.75. The number of methoxy groups -OCH3 is 1. The maximum atomic E-state index is 6.08. The molecule has 0 amide bonds. The second kappa shape index (κ2) is 5.78. The number of nitrogens with two attached hydrogens (primary N) is 1. The van der Waals surface area contributed by atoms with Gasteiger partial charge in [-0.3, -0.25) is 4.68 Å². The SMILES string of the molecule is CCCCn1cc(N)c(-c2cc(C)ccc2OC)n1. The van der Waals surface area contributed by atoms with Crippen LogP contribution in [-0.4, -0.2) is 16.9 Å². The fourth-order valence-electron chi connectivity index (χ4n) is 2.09. The fraction of sp³-hybridized carbons (Fsp3) is 0.400. The van der Waals surface area contributed by atoms with Crippen LogP contribution in [0.2, 0.25) is 0 Å². The number of hydrogen-bond acceptors (Lipinski definition) is 3. The number of benzene rings is 1. The molecule has 0 aliphatic heterocycles. The van der Waals surface area contributed by atoms with E-state index >= 15 is 0 Å². The van der Waals surface area contributed by atoms with E-state index in [1.165, 1.54) is 5.56 Å². The lowest BCUT2D eigenvalue weighted by Gasteiger charge is -2.08. The molecule has 2 aromatic rings. The van der Waals surface area contributed by atoms with E-state index in [2.05, 4.69) is 18.1 Å². The lowest BCUT2D eigenvalue weighted by molar-refractivity contribution is 0.416. The minimum absolute atomic E-state index is 0.694. The number of nitrogen functional groups attached to an aromatic ring is 1. The molecule has 4 nitrogen and oxygen atoms in total. The summed E-state index contributed by atoms with van der Waals surface area (Å²) in [6.07, 6.45) is 4.14. The van der Waals surface area contributed by atoms with Gasteiger partial charge in [0.2, 0.25) is 0 Å². The molecule has 0 aliphatic carbocycles. The Kier molecular flexibility index (Phi) is 4.10. The largest absolute Gasteiger partial charge is 0.496 e. The van der Waals surface area contributed by atoms with Crippen molar-refractivity contribution < 1.29 is 4.74 Å². The van der Waals surface area contributed by atoms with Crippen molar-refractivity contribution in [3.63, 3.8) is 0 Å². The number of ether oxygens (including phenoxy) is 1. The molecule has 102 valence electrons. The van der Waals surface area contributed by atoms with Crippen molar-refractivity contribution in [3.8, 4) is 17.0 Å². The molecule has 0 bridgehead atoms. The Bertz CT molecular complexity index is 561. The van der Waals surface area contributed by atoms with E-state index in [0.717, 1.165) is 36.4 Å². The smallest absolute Gasteiger partial charge is 0.128 e. The third-order valence-corrected chi connectivity index (χ3v) is 3.14. The fourth-order valence-corrected chi connectivity index (χ4v) is 2.09. The average molecular weight is 259 g/mol. The van der Waals surface area contributed by atoms with Crippen LogP contribution in [0.1, 0.15) is 25.3 Å². The van der Waals surface area contributed by atoms with Crippen LogP contribution in [0, 0.1) is 6.92 Å². The Hall–Kier alpha value is -1.97. The van der Waals surface area contributed by atoms with Crippen LogP contribution in [-0.2, 0) is 6.54 Å². The maximum absolute atomic E-state index is 6.08. The Morgan fingerprint density at radius 3 is 2.84 bits per heavy atom. The normalized spacial score (nSPS) is 10.7. The number of aromatic nitrogens is 2. The van der Waals surface area contributed by atoms with Gasteiger partial charge >= 0.3 is 0 Å². The molecule has 1 heterocycles. The summed E-state index contributed by atoms with van der Waals surface area (Å²) in [5.74, 6) is 0.804. The third-order valence-electron chi connectivity index (χ3n) is 3.14. The zero-order valence-corrected chi connectivity index (χ0v) is 11.8. The molecule has 0 saturated carbocycles. The van der Waals surface area contributed by atoms with Crippen LogP contribution >= 0.6 is 0 Å². The number of aryl methyl sites for hydroxylation is 2. The summed E-state index contributed by atoms with van der Waals surface area (Å²) < 4.78 is 7.31. The van der Waals surface area contributed by atoms with Crippen molar-refractivity contribution in [3.05, 3.63) is 30.0 Å². The van der Waals surface area contributed by atoms with E-state index in [1.54, 1.807) is 7.11 Å². The van der Waals surface area contributed by atoms with Crippen molar-refractivity contribution in [2.45, 2.75) is 33.2 Å². The molecular formula is C15H21N3O. The number of rotatable bonds is 5. The molecule has 0 radical (unpaired) electrons. The van der Waals surface area contributed by atoms with E-state index in [9.17, 15) is 0 Å². The predicted octanol–water partition coefficient (Wildman–Crippen LogP) is 3.25. The number of anilines is 1. The van der Waals surface area contributed by atoms with E-state index in [0.29, 0.717) is 5.69 Å². The topological polar surface area (TPSA) is 53.1 Å². The highest BCUT2D eigenvalue weighted by molar-refractivity contribution is 5.77. The molecule has 19 heavy (non-hydrogen) atoms. The Balaban J connectivity index is 2.40. The molecule has 0 unspecified atom stereocenters. The Labute approximate surface area is 114 Å². The average Bonchev–Trinajstić information content (AvgIpc) is 2.77. The van der Waals surface area contributed by atoms with Gasteiger partial charge in [0, 0.05) is 18.3 Å². The summed E-state index contributed by atoms with van der Waals surface area (Å²) in [6.45, 7) is 5.11. The maximum Gasteiger partial charge on any atom is 0.128 e. The second-order valence-electron chi connectivity index (χ2n) is 4.75. The Morgan fingerprint density at radius 2 is 2.16 bits per heavy atom. The van der Waals surface area contributed by atoms with Gasteiger partial charge in [-0.25, -0.2) is 0 Å². The molecule has 1 aromatic heterocycles. The minimum atomic E-state index is 0.694. The van der Waals surface area contributed by atoms with Gasteiger partial charge < -0.3 is 10.5 Å². The summed E-state index contributed by atoms with van der Waals surface area (Å²) in [5, 5.41) is 4.58. The van der Waals surface area contributed by atoms with Crippen LogP contribution in [0.15, 0.2) is 24.4 Å². The van der Waals surface area contributed by atoms with Gasteiger partial charge in [-0.1, -0.05) is 25.0 Å². The van der Waals surface area contributed by atoms with Gasteiger partial charge in [0.05, 0.1) is 12.8 Å². The quantitative estimate of drug-likeness (QED) is 0.896. The predicted molar refractivity (Wildman–Crippen MR) is 78.3 cm³/mol. The first kappa shape index (κ1) is 13.5. The number of nitrogens with zero attached hydrogens (tertiary/aromatic N) is 2. The molecule has 0 spiro atoms. The molecule has 2 rings (SSSR count). The molecule has 0 fully saturated rings. The summed E-state index contributed by atoms with van der Waals surface area (Å²) in [4.78, 5) is 0. The van der Waals surface area contributed by atoms with Crippen molar-refractivity contribution >= 4 is 5.69 Å². The standard InChI is InChI=1S/C15H21N3O/c1-4-5-8-18-10-13(16)15(17-18)12-9-11(2)6-7-14(12)19-3/h6-7,9-10H,4-5,8,16H2,1-3H3. The molecule has 0 saturated heterocycles. The van der Waals surface area contributed by atoms with E-state index in [-0.39, 0.29) is 0 Å². The summed E-state index contributed by atoms with van der Waals surface area (Å²) >= 11 is 0. The van der Waals surface area contributed by atoms with Crippen molar-refractivity contribution in [2.75, 3.05) is 12.8 Å². The van der Waals surface area contributed by atoms with E-state index < -0.39 is 0 Å². The highest BCUT2D eigenvalue weighted by Crippen LogP contribution is 2.33. The zero-order chi connectivity index (χ0) is 13.8. The van der Waals surface area contributed by atoms with Gasteiger partial charge in [-0.2, -0.15) is 5.10 Å². The van der Waals surface area contributed by atoms with E-state index in [1.807, 2.05) is 29.9 Å². The van der Waals surface area contributed by atoms with Crippen molar-refractivity contribution in [1.29, 1.82) is 0 Å². The first-order chi connectivity index (χ1) is 9.15. The van der Waals surface area contributed by atoms with Crippen LogP contribution in [0.25, 0.3) is 11.3 Å². The van der Waals surface area contributed by atoms with Gasteiger partial charge in [0.15, 0.2) is 0 Å². The molecule has 2 N–H and O–H groups in total. The zero-order valence-electron chi connectivity index (χ0n) is 11.8. The van der Waals surface area contributed by atoms with Crippen LogP contribution in [0.4, 0.5) is 5.69 Å². The van der Waals surface area contributed by atoms with Gasteiger partial charge in [0.25, 0.3) is 0 Å². The van der Waals surface area contributed by atoms with Crippen molar-refractivity contribution in [2.24, 2.45) is 0 Å². The first-order valence-corrected chi connectivity index (χ1v) is 6.63. The molecule has 1 aromatic carbocycles. The van der Waals surface area contributed by atoms with Crippen LogP contribution < -0.4 is 10.5 Å². The van der Waals surface area contributed by atoms with Crippen molar-refractivity contribution in [1.82, 2.24) is 9.78 Å². The van der Waals surface area contributed by atoms with Crippen LogP contribution in [0.3, 0.4) is 0 Å². The highest BCUT2D eigenvalue weighted by Gasteiger charge is 2.13. The van der Waals surface area contributed by atoms with Gasteiger partial charge in [0.1, 0.15) is 11.4 Å². The molecular weight excluding hydrogens is 238 g/mol. The third kappa shape index (κ3) is 2.89.